The van der Waals surface area contributed by atoms with Gasteiger partial charge in [0.2, 0.25) is 0 Å². The van der Waals surface area contributed by atoms with Crippen molar-refractivity contribution in [2.75, 3.05) is 0 Å². The normalized spacial score (nSPS) is 13.5. The van der Waals surface area contributed by atoms with Crippen molar-refractivity contribution in [3.05, 3.63) is 211 Å². The monoisotopic (exact) mass is 691 g/mol. The van der Waals surface area contributed by atoms with Crippen molar-refractivity contribution in [1.29, 1.82) is 0 Å². The molecular weight excluding hydrogens is 659 g/mol. The Morgan fingerprint density at radius 2 is 1.00 bits per heavy atom. The molecule has 254 valence electrons. The Hall–Kier alpha value is -7.24. The first kappa shape index (κ1) is 31.5. The van der Waals surface area contributed by atoms with Crippen LogP contribution in [0, 0.1) is 0 Å². The number of imidazole rings is 1. The van der Waals surface area contributed by atoms with Gasteiger partial charge in [0.05, 0.1) is 28.7 Å². The van der Waals surface area contributed by atoms with Crippen molar-refractivity contribution >= 4 is 22.6 Å². The molecule has 0 spiro atoms. The van der Waals surface area contributed by atoms with Gasteiger partial charge in [0, 0.05) is 23.5 Å². The van der Waals surface area contributed by atoms with Gasteiger partial charge in [-0.25, -0.2) is 15.0 Å². The molecule has 4 heterocycles. The fourth-order valence-corrected chi connectivity index (χ4v) is 7.71. The third-order valence-corrected chi connectivity index (χ3v) is 10.3. The lowest BCUT2D eigenvalue weighted by Crippen LogP contribution is -2.13. The van der Waals surface area contributed by atoms with Crippen LogP contribution in [0.4, 0.5) is 5.69 Å². The Kier molecular flexibility index (Phi) is 7.81. The van der Waals surface area contributed by atoms with E-state index in [2.05, 4.69) is 162 Å². The molecule has 0 amide bonds. The Morgan fingerprint density at radius 1 is 0.426 bits per heavy atom. The number of rotatable bonds is 7. The highest BCUT2D eigenvalue weighted by atomic mass is 15.1. The number of hydrogen-bond donors (Lipinski definition) is 0. The zero-order valence-corrected chi connectivity index (χ0v) is 29.3. The smallest absolute Gasteiger partial charge is 0.164 e. The molecule has 5 nitrogen and oxygen atoms in total. The summed E-state index contributed by atoms with van der Waals surface area (Å²) in [7, 11) is 0. The number of benzene rings is 6. The van der Waals surface area contributed by atoms with E-state index in [1.54, 1.807) is 0 Å². The van der Waals surface area contributed by atoms with Gasteiger partial charge < -0.3 is 0 Å². The molecule has 0 saturated heterocycles. The summed E-state index contributed by atoms with van der Waals surface area (Å²) in [5.74, 6) is 0.770. The second-order valence-corrected chi connectivity index (χ2v) is 13.4. The summed E-state index contributed by atoms with van der Waals surface area (Å²) in [6.07, 6.45) is 3.70. The number of aliphatic imine (C=N–C) groups is 1. The van der Waals surface area contributed by atoms with Crippen LogP contribution in [0.5, 0.6) is 0 Å². The number of aromatic nitrogens is 4. The van der Waals surface area contributed by atoms with E-state index in [-0.39, 0.29) is 5.92 Å². The van der Waals surface area contributed by atoms with Gasteiger partial charge in [0.25, 0.3) is 0 Å². The molecule has 1 aliphatic rings. The summed E-state index contributed by atoms with van der Waals surface area (Å²) in [6, 6.07) is 63.6. The first-order valence-corrected chi connectivity index (χ1v) is 18.2. The summed E-state index contributed by atoms with van der Waals surface area (Å²) in [4.78, 5) is 19.9. The van der Waals surface area contributed by atoms with Crippen LogP contribution in [-0.4, -0.2) is 25.2 Å². The summed E-state index contributed by atoms with van der Waals surface area (Å²) in [5.41, 5.74) is 15.8. The van der Waals surface area contributed by atoms with Gasteiger partial charge in [-0.3, -0.25) is 9.55 Å². The summed E-state index contributed by atoms with van der Waals surface area (Å²) < 4.78 is 2.18. The fourth-order valence-electron chi connectivity index (χ4n) is 7.71. The van der Waals surface area contributed by atoms with Gasteiger partial charge in [-0.2, -0.15) is 0 Å². The van der Waals surface area contributed by atoms with E-state index in [0.29, 0.717) is 0 Å². The molecule has 1 aliphatic heterocycles. The van der Waals surface area contributed by atoms with Crippen molar-refractivity contribution in [1.82, 2.24) is 19.5 Å². The molecule has 0 N–H and O–H groups in total. The molecule has 54 heavy (non-hydrogen) atoms. The second kappa shape index (κ2) is 13.4. The van der Waals surface area contributed by atoms with Gasteiger partial charge in [0.1, 0.15) is 11.3 Å². The van der Waals surface area contributed by atoms with Gasteiger partial charge >= 0.3 is 0 Å². The van der Waals surface area contributed by atoms with E-state index in [0.717, 1.165) is 73.1 Å². The second-order valence-electron chi connectivity index (χ2n) is 13.4. The van der Waals surface area contributed by atoms with E-state index in [1.165, 1.54) is 16.7 Å². The van der Waals surface area contributed by atoms with Crippen molar-refractivity contribution in [3.63, 3.8) is 0 Å². The predicted octanol–water partition coefficient (Wildman–Crippen LogP) is 11.7. The molecule has 0 saturated carbocycles. The maximum Gasteiger partial charge on any atom is 0.164 e. The third-order valence-electron chi connectivity index (χ3n) is 10.3. The largest absolute Gasteiger partial charge is 0.276 e. The SMILES string of the molecule is c1ccc(-c2ccccc2C2C(c3ccc(-c4ccc(-c5nc6cccnc6n5-c5ccccc5-c5ccccc5)cc4)cc3)=Nc3cccnc32)cc1. The van der Waals surface area contributed by atoms with E-state index >= 15 is 0 Å². The predicted molar refractivity (Wildman–Crippen MR) is 219 cm³/mol. The van der Waals surface area contributed by atoms with Crippen LogP contribution in [0.3, 0.4) is 0 Å². The maximum atomic E-state index is 5.18. The molecule has 1 atom stereocenters. The third kappa shape index (κ3) is 5.51. The van der Waals surface area contributed by atoms with Crippen molar-refractivity contribution in [3.8, 4) is 50.5 Å². The molecule has 3 aromatic heterocycles. The number of para-hydroxylation sites is 1. The number of pyridine rings is 2. The Morgan fingerprint density at radius 3 is 1.74 bits per heavy atom. The van der Waals surface area contributed by atoms with Crippen LogP contribution in [0.25, 0.3) is 61.6 Å². The molecule has 0 bridgehead atoms. The minimum atomic E-state index is -0.0801. The van der Waals surface area contributed by atoms with E-state index in [4.69, 9.17) is 19.9 Å². The van der Waals surface area contributed by atoms with Crippen LogP contribution in [0.1, 0.15) is 22.7 Å². The van der Waals surface area contributed by atoms with Crippen molar-refractivity contribution in [2.45, 2.75) is 5.92 Å². The molecule has 0 radical (unpaired) electrons. The number of fused-ring (bicyclic) bond motifs is 2. The van der Waals surface area contributed by atoms with Crippen molar-refractivity contribution in [2.24, 2.45) is 4.99 Å². The number of nitrogens with zero attached hydrogens (tertiary/aromatic N) is 5. The van der Waals surface area contributed by atoms with E-state index in [9.17, 15) is 0 Å². The maximum absolute atomic E-state index is 5.18. The zero-order valence-electron chi connectivity index (χ0n) is 29.3. The molecule has 9 aromatic rings. The van der Waals surface area contributed by atoms with Crippen molar-refractivity contribution < 1.29 is 0 Å². The van der Waals surface area contributed by atoms with Crippen LogP contribution in [0.15, 0.2) is 199 Å². The molecule has 5 heteroatoms. The topological polar surface area (TPSA) is 56.0 Å². The Bertz CT molecular complexity index is 2800. The molecule has 6 aromatic carbocycles. The van der Waals surface area contributed by atoms with Crippen LogP contribution in [-0.2, 0) is 0 Å². The van der Waals surface area contributed by atoms with Crippen LogP contribution >= 0.6 is 0 Å². The molecule has 0 aliphatic carbocycles. The van der Waals surface area contributed by atoms with Gasteiger partial charge in [-0.1, -0.05) is 152 Å². The van der Waals surface area contributed by atoms with Crippen LogP contribution in [0.2, 0.25) is 0 Å². The fraction of sp³-hybridized carbons (Fsp3) is 0.0204. The molecule has 10 rings (SSSR count). The first-order valence-electron chi connectivity index (χ1n) is 18.2. The minimum absolute atomic E-state index is 0.0801. The Balaban J connectivity index is 0.999. The lowest BCUT2D eigenvalue weighted by molar-refractivity contribution is 1.03. The van der Waals surface area contributed by atoms with Gasteiger partial charge in [-0.15, -0.1) is 0 Å². The minimum Gasteiger partial charge on any atom is -0.276 e. The quantitative estimate of drug-likeness (QED) is 0.167. The summed E-state index contributed by atoms with van der Waals surface area (Å²) in [5, 5.41) is 0. The van der Waals surface area contributed by atoms with Crippen LogP contribution < -0.4 is 0 Å². The molecule has 1 unspecified atom stereocenters. The van der Waals surface area contributed by atoms with E-state index in [1.807, 2.05) is 36.7 Å². The highest BCUT2D eigenvalue weighted by Crippen LogP contribution is 2.44. The highest BCUT2D eigenvalue weighted by Gasteiger charge is 2.32. The lowest BCUT2D eigenvalue weighted by Gasteiger charge is -2.19. The average molecular weight is 692 g/mol. The lowest BCUT2D eigenvalue weighted by atomic mass is 9.83. The zero-order chi connectivity index (χ0) is 35.8. The standard InChI is InChI=1S/C49H33N5/c1-3-13-35(14-4-1)39-17-7-8-19-41(39)45-46(52-42-20-11-31-50-47(42)45)37-27-23-33(24-28-37)34-25-29-38(30-26-34)48-53-43-21-12-32-51-49(43)54(48)44-22-10-9-18-40(44)36-15-5-2-6-16-36/h1-32,45H. The first-order chi connectivity index (χ1) is 26.8. The molecular formula is C49H33N5. The Labute approximate surface area is 313 Å². The van der Waals surface area contributed by atoms with E-state index < -0.39 is 0 Å². The summed E-state index contributed by atoms with van der Waals surface area (Å²) in [6.45, 7) is 0. The van der Waals surface area contributed by atoms with Gasteiger partial charge in [0.15, 0.2) is 5.65 Å². The molecule has 0 fully saturated rings. The average Bonchev–Trinajstić information content (AvgIpc) is 3.84. The highest BCUT2D eigenvalue weighted by molar-refractivity contribution is 6.12. The van der Waals surface area contributed by atoms with Gasteiger partial charge in [-0.05, 0) is 69.3 Å². The number of hydrogen-bond acceptors (Lipinski definition) is 4. The summed E-state index contributed by atoms with van der Waals surface area (Å²) >= 11 is 0.